The van der Waals surface area contributed by atoms with E-state index in [0.717, 1.165) is 12.3 Å². The highest BCUT2D eigenvalue weighted by Crippen LogP contribution is 2.29. The van der Waals surface area contributed by atoms with Gasteiger partial charge in [-0.15, -0.1) is 11.8 Å². The van der Waals surface area contributed by atoms with E-state index in [0.29, 0.717) is 0 Å². The summed E-state index contributed by atoms with van der Waals surface area (Å²) in [6.07, 6.45) is 2.26. The summed E-state index contributed by atoms with van der Waals surface area (Å²) < 4.78 is 2.31. The maximum absolute atomic E-state index is 2.31. The summed E-state index contributed by atoms with van der Waals surface area (Å²) in [7, 11) is 0. The second kappa shape index (κ2) is 4.09. The maximum Gasteiger partial charge on any atom is 0.0491 e. The molecule has 0 N–H and O–H groups in total. The van der Waals surface area contributed by atoms with Crippen LogP contribution in [0.5, 0.6) is 0 Å². The first-order valence-electron chi connectivity index (χ1n) is 5.07. The summed E-state index contributed by atoms with van der Waals surface area (Å²) in [5, 5.41) is 1.39. The molecule has 1 aromatic carbocycles. The Kier molecular flexibility index (Phi) is 2.82. The van der Waals surface area contributed by atoms with E-state index in [4.69, 9.17) is 0 Å². The minimum absolute atomic E-state index is 1.05. The molecule has 0 bridgehead atoms. The SMILES string of the molecule is CCSc1cn(CC)c2ccccc12. The van der Waals surface area contributed by atoms with Gasteiger partial charge in [0, 0.05) is 28.5 Å². The van der Waals surface area contributed by atoms with Gasteiger partial charge >= 0.3 is 0 Å². The van der Waals surface area contributed by atoms with Crippen molar-refractivity contribution in [1.29, 1.82) is 0 Å². The van der Waals surface area contributed by atoms with Gasteiger partial charge in [-0.1, -0.05) is 25.1 Å². The van der Waals surface area contributed by atoms with Gasteiger partial charge in [-0.3, -0.25) is 0 Å². The molecule has 2 aromatic rings. The Balaban J connectivity index is 2.61. The standard InChI is InChI=1S/C12H15NS/c1-3-13-9-12(14-4-2)10-7-5-6-8-11(10)13/h5-9H,3-4H2,1-2H3. The van der Waals surface area contributed by atoms with Gasteiger partial charge in [-0.25, -0.2) is 0 Å². The van der Waals surface area contributed by atoms with Gasteiger partial charge in [0.2, 0.25) is 0 Å². The number of thioether (sulfide) groups is 1. The lowest BCUT2D eigenvalue weighted by atomic mass is 10.2. The lowest BCUT2D eigenvalue weighted by Crippen LogP contribution is -1.89. The molecule has 74 valence electrons. The number of rotatable bonds is 3. The lowest BCUT2D eigenvalue weighted by Gasteiger charge is -1.97. The van der Waals surface area contributed by atoms with E-state index in [-0.39, 0.29) is 0 Å². The van der Waals surface area contributed by atoms with Crippen LogP contribution in [0.2, 0.25) is 0 Å². The van der Waals surface area contributed by atoms with E-state index >= 15 is 0 Å². The normalized spacial score (nSPS) is 11.0. The topological polar surface area (TPSA) is 4.93 Å². The molecule has 0 atom stereocenters. The minimum atomic E-state index is 1.05. The van der Waals surface area contributed by atoms with Gasteiger partial charge in [0.25, 0.3) is 0 Å². The maximum atomic E-state index is 2.31. The second-order valence-corrected chi connectivity index (χ2v) is 4.54. The van der Waals surface area contributed by atoms with Crippen molar-refractivity contribution in [3.05, 3.63) is 30.5 Å². The molecule has 0 saturated carbocycles. The molecule has 1 heterocycles. The smallest absolute Gasteiger partial charge is 0.0491 e. The van der Waals surface area contributed by atoms with Crippen LogP contribution < -0.4 is 0 Å². The molecular formula is C12H15NS. The minimum Gasteiger partial charge on any atom is -0.347 e. The van der Waals surface area contributed by atoms with E-state index in [1.807, 2.05) is 11.8 Å². The van der Waals surface area contributed by atoms with Crippen LogP contribution in [0, 0.1) is 0 Å². The average molecular weight is 205 g/mol. The molecule has 0 radical (unpaired) electrons. The van der Waals surface area contributed by atoms with Crippen molar-refractivity contribution in [1.82, 2.24) is 4.57 Å². The first-order valence-corrected chi connectivity index (χ1v) is 6.06. The number of benzene rings is 1. The van der Waals surface area contributed by atoms with Gasteiger partial charge in [0.1, 0.15) is 0 Å². The number of aryl methyl sites for hydroxylation is 1. The zero-order valence-corrected chi connectivity index (χ0v) is 9.47. The largest absolute Gasteiger partial charge is 0.347 e. The van der Waals surface area contributed by atoms with Gasteiger partial charge in [0.05, 0.1) is 0 Å². The van der Waals surface area contributed by atoms with Gasteiger partial charge in [-0.2, -0.15) is 0 Å². The van der Waals surface area contributed by atoms with E-state index < -0.39 is 0 Å². The zero-order chi connectivity index (χ0) is 9.97. The Morgan fingerprint density at radius 2 is 2.00 bits per heavy atom. The van der Waals surface area contributed by atoms with Gasteiger partial charge in [-0.05, 0) is 18.7 Å². The fraction of sp³-hybridized carbons (Fsp3) is 0.333. The van der Waals surface area contributed by atoms with Crippen molar-refractivity contribution in [3.8, 4) is 0 Å². The first-order chi connectivity index (χ1) is 6.86. The Morgan fingerprint density at radius 1 is 1.21 bits per heavy atom. The number of fused-ring (bicyclic) bond motifs is 1. The Bertz CT molecular complexity index is 431. The van der Waals surface area contributed by atoms with Crippen LogP contribution in [0.1, 0.15) is 13.8 Å². The van der Waals surface area contributed by atoms with Crippen molar-refractivity contribution >= 4 is 22.7 Å². The van der Waals surface area contributed by atoms with Gasteiger partial charge in [0.15, 0.2) is 0 Å². The average Bonchev–Trinajstić information content (AvgIpc) is 2.58. The van der Waals surface area contributed by atoms with Crippen LogP contribution in [0.3, 0.4) is 0 Å². The predicted octanol–water partition coefficient (Wildman–Crippen LogP) is 3.77. The number of para-hydroxylation sites is 1. The molecule has 0 amide bonds. The van der Waals surface area contributed by atoms with Crippen LogP contribution in [0.15, 0.2) is 35.4 Å². The molecule has 0 fully saturated rings. The molecule has 1 nitrogen and oxygen atoms in total. The Labute approximate surface area is 89.1 Å². The molecule has 2 rings (SSSR count). The van der Waals surface area contributed by atoms with E-state index in [1.54, 1.807) is 0 Å². The molecule has 0 aliphatic rings. The Morgan fingerprint density at radius 3 is 2.71 bits per heavy atom. The number of hydrogen-bond donors (Lipinski definition) is 0. The van der Waals surface area contributed by atoms with E-state index in [1.165, 1.54) is 15.8 Å². The van der Waals surface area contributed by atoms with Crippen LogP contribution in [0.25, 0.3) is 10.9 Å². The third-order valence-corrected chi connectivity index (χ3v) is 3.32. The van der Waals surface area contributed by atoms with E-state index in [2.05, 4.69) is 48.9 Å². The third kappa shape index (κ3) is 1.55. The summed E-state index contributed by atoms with van der Waals surface area (Å²) in [5.41, 5.74) is 1.35. The van der Waals surface area contributed by atoms with Crippen LogP contribution in [0.4, 0.5) is 0 Å². The van der Waals surface area contributed by atoms with Crippen LogP contribution in [-0.4, -0.2) is 10.3 Å². The quantitative estimate of drug-likeness (QED) is 0.690. The van der Waals surface area contributed by atoms with Crippen molar-refractivity contribution < 1.29 is 0 Å². The molecule has 0 spiro atoms. The highest BCUT2D eigenvalue weighted by Gasteiger charge is 2.05. The monoisotopic (exact) mass is 205 g/mol. The third-order valence-electron chi connectivity index (χ3n) is 2.39. The molecule has 2 heteroatoms. The highest BCUT2D eigenvalue weighted by atomic mass is 32.2. The zero-order valence-electron chi connectivity index (χ0n) is 8.66. The lowest BCUT2D eigenvalue weighted by molar-refractivity contribution is 0.792. The van der Waals surface area contributed by atoms with Crippen LogP contribution >= 0.6 is 11.8 Å². The van der Waals surface area contributed by atoms with E-state index in [9.17, 15) is 0 Å². The van der Waals surface area contributed by atoms with Crippen molar-refractivity contribution in [2.75, 3.05) is 5.75 Å². The molecule has 0 unspecified atom stereocenters. The highest BCUT2D eigenvalue weighted by molar-refractivity contribution is 7.99. The first kappa shape index (κ1) is 9.66. The summed E-state index contributed by atoms with van der Waals surface area (Å²) >= 11 is 1.92. The van der Waals surface area contributed by atoms with Crippen LogP contribution in [-0.2, 0) is 6.54 Å². The summed E-state index contributed by atoms with van der Waals surface area (Å²) in [6.45, 7) is 5.43. The predicted molar refractivity (Wildman–Crippen MR) is 64.0 cm³/mol. The Hall–Kier alpha value is -0.890. The molecule has 14 heavy (non-hydrogen) atoms. The molecule has 0 aliphatic carbocycles. The molecule has 0 aliphatic heterocycles. The molecular weight excluding hydrogens is 190 g/mol. The number of hydrogen-bond acceptors (Lipinski definition) is 1. The number of nitrogens with zero attached hydrogens (tertiary/aromatic N) is 1. The van der Waals surface area contributed by atoms with Crippen molar-refractivity contribution in [3.63, 3.8) is 0 Å². The fourth-order valence-corrected chi connectivity index (χ4v) is 2.59. The van der Waals surface area contributed by atoms with Crippen molar-refractivity contribution in [2.24, 2.45) is 0 Å². The summed E-state index contributed by atoms with van der Waals surface area (Å²) in [4.78, 5) is 1.41. The number of aromatic nitrogens is 1. The molecule has 1 aromatic heterocycles. The second-order valence-electron chi connectivity index (χ2n) is 3.23. The summed E-state index contributed by atoms with van der Waals surface area (Å²) in [6, 6.07) is 8.62. The van der Waals surface area contributed by atoms with Crippen molar-refractivity contribution in [2.45, 2.75) is 25.3 Å². The summed E-state index contributed by atoms with van der Waals surface area (Å²) in [5.74, 6) is 1.14. The fourth-order valence-electron chi connectivity index (χ4n) is 1.75. The van der Waals surface area contributed by atoms with Gasteiger partial charge < -0.3 is 4.57 Å². The molecule has 0 saturated heterocycles.